The van der Waals surface area contributed by atoms with E-state index >= 15 is 0 Å². The molecule has 1 saturated heterocycles. The van der Waals surface area contributed by atoms with Crippen LogP contribution in [-0.2, 0) is 15.0 Å². The summed E-state index contributed by atoms with van der Waals surface area (Å²) in [6.07, 6.45) is 1.61. The summed E-state index contributed by atoms with van der Waals surface area (Å²) in [4.78, 5) is 43.7. The molecule has 1 aromatic heterocycles. The van der Waals surface area contributed by atoms with Crippen molar-refractivity contribution < 1.29 is 14.4 Å². The van der Waals surface area contributed by atoms with Crippen molar-refractivity contribution in [3.05, 3.63) is 107 Å². The van der Waals surface area contributed by atoms with Crippen LogP contribution in [-0.4, -0.2) is 41.7 Å². The first-order valence-electron chi connectivity index (χ1n) is 12.7. The van der Waals surface area contributed by atoms with Crippen LogP contribution in [0.25, 0.3) is 16.5 Å². The Labute approximate surface area is 231 Å². The van der Waals surface area contributed by atoms with Gasteiger partial charge in [0.05, 0.1) is 0 Å². The molecule has 39 heavy (non-hydrogen) atoms. The van der Waals surface area contributed by atoms with Crippen molar-refractivity contribution >= 4 is 52.3 Å². The SMILES string of the molecule is CN1C(=O)C(=Cc2cc3c(s2)-c2ccc(N(c4ccccc4)c4ccccc4)cc2C3(C)C)C(=O)N(C)C1=O. The van der Waals surface area contributed by atoms with Gasteiger partial charge in [-0.1, -0.05) is 56.3 Å². The maximum atomic E-state index is 12.7. The summed E-state index contributed by atoms with van der Waals surface area (Å²) >= 11 is 1.56. The molecule has 0 saturated carbocycles. The number of hydrogen-bond acceptors (Lipinski definition) is 5. The molecule has 0 atom stereocenters. The van der Waals surface area contributed by atoms with Crippen LogP contribution in [0.4, 0.5) is 21.9 Å². The van der Waals surface area contributed by atoms with Gasteiger partial charge < -0.3 is 4.90 Å². The maximum absolute atomic E-state index is 12.7. The minimum atomic E-state index is -0.623. The molecule has 1 aliphatic carbocycles. The number of fused-ring (bicyclic) bond motifs is 3. The molecule has 6 nitrogen and oxygen atoms in total. The lowest BCUT2D eigenvalue weighted by molar-refractivity contribution is -0.134. The highest BCUT2D eigenvalue weighted by Crippen LogP contribution is 2.54. The average molecular weight is 534 g/mol. The summed E-state index contributed by atoms with van der Waals surface area (Å²) in [6.45, 7) is 4.41. The van der Waals surface area contributed by atoms with Gasteiger partial charge >= 0.3 is 6.03 Å². The number of anilines is 3. The van der Waals surface area contributed by atoms with Crippen LogP contribution in [0.3, 0.4) is 0 Å². The smallest absolute Gasteiger partial charge is 0.310 e. The second-order valence-electron chi connectivity index (χ2n) is 10.3. The fraction of sp³-hybridized carbons (Fsp3) is 0.156. The molecule has 3 aromatic carbocycles. The van der Waals surface area contributed by atoms with Gasteiger partial charge in [0, 0.05) is 46.3 Å². The van der Waals surface area contributed by atoms with Gasteiger partial charge in [-0.2, -0.15) is 0 Å². The molecule has 4 aromatic rings. The van der Waals surface area contributed by atoms with E-state index in [-0.39, 0.29) is 11.0 Å². The van der Waals surface area contributed by atoms with Crippen molar-refractivity contribution in [3.63, 3.8) is 0 Å². The van der Waals surface area contributed by atoms with Crippen LogP contribution in [0, 0.1) is 0 Å². The highest BCUT2D eigenvalue weighted by molar-refractivity contribution is 7.16. The van der Waals surface area contributed by atoms with Crippen molar-refractivity contribution in [2.45, 2.75) is 19.3 Å². The normalized spacial score (nSPS) is 15.9. The van der Waals surface area contributed by atoms with Crippen LogP contribution < -0.4 is 4.90 Å². The van der Waals surface area contributed by atoms with Gasteiger partial charge in [0.1, 0.15) is 5.57 Å². The quantitative estimate of drug-likeness (QED) is 0.210. The first-order chi connectivity index (χ1) is 18.7. The molecule has 0 bridgehead atoms. The molecular formula is C32H27N3O3S. The molecular weight excluding hydrogens is 506 g/mol. The van der Waals surface area contributed by atoms with Crippen molar-refractivity contribution in [2.24, 2.45) is 0 Å². The zero-order valence-electron chi connectivity index (χ0n) is 22.1. The third kappa shape index (κ3) is 3.89. The van der Waals surface area contributed by atoms with E-state index in [0.29, 0.717) is 0 Å². The Morgan fingerprint density at radius 1 is 0.718 bits per heavy atom. The van der Waals surface area contributed by atoms with Crippen LogP contribution in [0.5, 0.6) is 0 Å². The van der Waals surface area contributed by atoms with Crippen LogP contribution in [0.2, 0.25) is 0 Å². The van der Waals surface area contributed by atoms with Crippen LogP contribution in [0.1, 0.15) is 29.9 Å². The van der Waals surface area contributed by atoms with E-state index in [1.807, 2.05) is 36.4 Å². The Balaban J connectivity index is 1.42. The van der Waals surface area contributed by atoms with E-state index in [2.05, 4.69) is 67.3 Å². The molecule has 0 N–H and O–H groups in total. The molecule has 194 valence electrons. The monoisotopic (exact) mass is 533 g/mol. The Kier molecular flexibility index (Phi) is 5.77. The van der Waals surface area contributed by atoms with Gasteiger partial charge in [-0.3, -0.25) is 19.4 Å². The summed E-state index contributed by atoms with van der Waals surface area (Å²) in [5, 5.41) is 0. The number of carbonyl (C=O) groups excluding carboxylic acids is 3. The molecule has 1 fully saturated rings. The lowest BCUT2D eigenvalue weighted by Crippen LogP contribution is -2.52. The van der Waals surface area contributed by atoms with Gasteiger partial charge in [0.2, 0.25) is 0 Å². The summed E-state index contributed by atoms with van der Waals surface area (Å²) in [5.41, 5.74) is 6.49. The first-order valence-corrected chi connectivity index (χ1v) is 13.5. The van der Waals surface area contributed by atoms with Crippen molar-refractivity contribution in [2.75, 3.05) is 19.0 Å². The highest BCUT2D eigenvalue weighted by atomic mass is 32.1. The summed E-state index contributed by atoms with van der Waals surface area (Å²) < 4.78 is 0. The number of rotatable bonds is 4. The lowest BCUT2D eigenvalue weighted by atomic mass is 9.82. The maximum Gasteiger partial charge on any atom is 0.333 e. The number of hydrogen-bond donors (Lipinski definition) is 0. The van der Waals surface area contributed by atoms with E-state index in [4.69, 9.17) is 0 Å². The fourth-order valence-corrected chi connectivity index (χ4v) is 6.70. The Morgan fingerprint density at radius 3 is 1.85 bits per heavy atom. The molecule has 6 rings (SSSR count). The van der Waals surface area contributed by atoms with Gasteiger partial charge in [0.25, 0.3) is 11.8 Å². The Bertz CT molecular complexity index is 1610. The van der Waals surface area contributed by atoms with E-state index in [9.17, 15) is 14.4 Å². The second kappa shape index (κ2) is 9.06. The Morgan fingerprint density at radius 2 is 1.28 bits per heavy atom. The predicted molar refractivity (Wildman–Crippen MR) is 155 cm³/mol. The van der Waals surface area contributed by atoms with E-state index in [1.54, 1.807) is 17.4 Å². The molecule has 4 amide bonds. The average Bonchev–Trinajstić information content (AvgIpc) is 3.47. The van der Waals surface area contributed by atoms with Crippen molar-refractivity contribution in [1.82, 2.24) is 9.80 Å². The summed E-state index contributed by atoms with van der Waals surface area (Å²) in [5.74, 6) is -1.16. The van der Waals surface area contributed by atoms with Crippen LogP contribution in [0.15, 0.2) is 90.5 Å². The van der Waals surface area contributed by atoms with E-state index < -0.39 is 17.8 Å². The van der Waals surface area contributed by atoms with Crippen molar-refractivity contribution in [3.8, 4) is 10.4 Å². The summed E-state index contributed by atoms with van der Waals surface area (Å²) in [6, 6.07) is 28.7. The van der Waals surface area contributed by atoms with E-state index in [0.717, 1.165) is 47.7 Å². The van der Waals surface area contributed by atoms with Crippen molar-refractivity contribution in [1.29, 1.82) is 0 Å². The topological polar surface area (TPSA) is 60.9 Å². The van der Waals surface area contributed by atoms with Gasteiger partial charge in [-0.25, -0.2) is 4.79 Å². The minimum Gasteiger partial charge on any atom is -0.310 e. The number of benzene rings is 3. The standard InChI is InChI=1S/C32H27N3O3S/c1-32(2)26-17-22(35(20-11-7-5-8-12-20)21-13-9-6-10-14-21)15-16-24(26)28-27(32)19-23(39-28)18-25-29(36)33(3)31(38)34(4)30(25)37/h5-19H,1-4H3. The van der Waals surface area contributed by atoms with E-state index in [1.165, 1.54) is 19.7 Å². The molecule has 0 unspecified atom stereocenters. The third-order valence-electron chi connectivity index (χ3n) is 7.56. The molecule has 7 heteroatoms. The number of urea groups is 1. The summed E-state index contributed by atoms with van der Waals surface area (Å²) in [7, 11) is 2.78. The van der Waals surface area contributed by atoms with Gasteiger partial charge in [-0.15, -0.1) is 11.3 Å². The third-order valence-corrected chi connectivity index (χ3v) is 8.68. The van der Waals surface area contributed by atoms with Gasteiger partial charge in [0.15, 0.2) is 0 Å². The number of barbiturate groups is 1. The zero-order valence-corrected chi connectivity index (χ0v) is 23.0. The number of thiophene rings is 1. The number of para-hydroxylation sites is 2. The lowest BCUT2D eigenvalue weighted by Gasteiger charge is -2.28. The molecule has 0 radical (unpaired) electrons. The fourth-order valence-electron chi connectivity index (χ4n) is 5.40. The molecule has 2 heterocycles. The molecule has 2 aliphatic rings. The minimum absolute atomic E-state index is 0.00531. The Hall–Kier alpha value is -4.49. The zero-order chi connectivity index (χ0) is 27.5. The molecule has 0 spiro atoms. The van der Waals surface area contributed by atoms with Gasteiger partial charge in [-0.05, 0) is 65.2 Å². The van der Waals surface area contributed by atoms with Crippen LogP contribution >= 0.6 is 11.3 Å². The molecule has 1 aliphatic heterocycles. The second-order valence-corrected chi connectivity index (χ2v) is 11.4. The largest absolute Gasteiger partial charge is 0.333 e. The highest BCUT2D eigenvalue weighted by Gasteiger charge is 2.40. The number of imide groups is 2. The number of carbonyl (C=O) groups is 3. The number of likely N-dealkylation sites (N-methyl/N-ethyl adjacent to an activating group) is 2. The number of nitrogens with zero attached hydrogens (tertiary/aromatic N) is 3. The predicted octanol–water partition coefficient (Wildman–Crippen LogP) is 6.96. The number of amides is 4. The first kappa shape index (κ1) is 24.8.